The van der Waals surface area contributed by atoms with Crippen LogP contribution in [-0.4, -0.2) is 19.9 Å². The number of nitriles is 1. The fourth-order valence-electron chi connectivity index (χ4n) is 6.61. The minimum atomic E-state index is 0.544. The number of aromatic nitrogens is 4. The van der Waals surface area contributed by atoms with Crippen LogP contribution in [0.4, 0.5) is 0 Å². The number of nitrogens with zero attached hydrogens (tertiary/aromatic N) is 5. The summed E-state index contributed by atoms with van der Waals surface area (Å²) in [5.74, 6) is 1.69. The van der Waals surface area contributed by atoms with Gasteiger partial charge in [-0.3, -0.25) is 4.98 Å². The van der Waals surface area contributed by atoms with Crippen LogP contribution < -0.4 is 0 Å². The van der Waals surface area contributed by atoms with Crippen LogP contribution in [0.25, 0.3) is 88.7 Å². The molecule has 0 bridgehead atoms. The van der Waals surface area contributed by atoms with Gasteiger partial charge in [0.25, 0.3) is 0 Å². The van der Waals surface area contributed by atoms with Gasteiger partial charge in [-0.05, 0) is 85.4 Å². The molecular formula is C43H25N5. The summed E-state index contributed by atoms with van der Waals surface area (Å²) in [4.78, 5) is 19.1. The molecule has 2 heterocycles. The molecule has 0 aliphatic carbocycles. The van der Waals surface area contributed by atoms with Gasteiger partial charge in [0.05, 0.1) is 11.6 Å². The van der Waals surface area contributed by atoms with E-state index in [0.717, 1.165) is 33.4 Å². The largest absolute Gasteiger partial charge is 0.264 e. The van der Waals surface area contributed by atoms with Gasteiger partial charge in [-0.15, -0.1) is 0 Å². The summed E-state index contributed by atoms with van der Waals surface area (Å²) < 4.78 is 0. The van der Waals surface area contributed by atoms with E-state index in [1.54, 1.807) is 18.3 Å². The fraction of sp³-hybridized carbons (Fsp3) is 0. The molecule has 48 heavy (non-hydrogen) atoms. The smallest absolute Gasteiger partial charge is 0.164 e. The van der Waals surface area contributed by atoms with Crippen LogP contribution in [0.15, 0.2) is 152 Å². The van der Waals surface area contributed by atoms with Gasteiger partial charge < -0.3 is 0 Å². The minimum Gasteiger partial charge on any atom is -0.264 e. The Bertz CT molecular complexity index is 2640. The minimum absolute atomic E-state index is 0.544. The van der Waals surface area contributed by atoms with Crippen molar-refractivity contribution in [1.29, 1.82) is 5.26 Å². The lowest BCUT2D eigenvalue weighted by Crippen LogP contribution is -2.00. The molecule has 222 valence electrons. The standard InChI is InChI=1S/C43H25N5/c44-25-27-9-11-32(12-10-27)41-46-42(48-43(47-41)35-7-2-6-34(24-35)36-8-3-23-45-26-36)33-17-13-28(14-18-33)37-21-19-31-16-15-29-4-1-5-30-20-22-38(37)40(31)39(29)30/h1-24,26H. The Morgan fingerprint density at radius 3 is 1.69 bits per heavy atom. The van der Waals surface area contributed by atoms with Gasteiger partial charge >= 0.3 is 0 Å². The average molecular weight is 612 g/mol. The van der Waals surface area contributed by atoms with E-state index in [9.17, 15) is 5.26 Å². The van der Waals surface area contributed by atoms with Crippen molar-refractivity contribution in [2.45, 2.75) is 0 Å². The summed E-state index contributed by atoms with van der Waals surface area (Å²) in [5, 5.41) is 17.0. The maximum Gasteiger partial charge on any atom is 0.164 e. The highest BCUT2D eigenvalue weighted by Crippen LogP contribution is 2.39. The molecule has 2 aromatic heterocycles. The van der Waals surface area contributed by atoms with E-state index in [-0.39, 0.29) is 0 Å². The Hall–Kier alpha value is -6.77. The first-order valence-corrected chi connectivity index (χ1v) is 15.8. The normalized spacial score (nSPS) is 11.3. The summed E-state index contributed by atoms with van der Waals surface area (Å²) in [6.07, 6.45) is 3.62. The molecule has 0 saturated heterocycles. The van der Waals surface area contributed by atoms with Crippen molar-refractivity contribution >= 4 is 32.3 Å². The summed E-state index contributed by atoms with van der Waals surface area (Å²) in [6, 6.07) is 49.9. The second-order valence-corrected chi connectivity index (χ2v) is 11.9. The number of hydrogen-bond donors (Lipinski definition) is 0. The van der Waals surface area contributed by atoms with Crippen LogP contribution in [-0.2, 0) is 0 Å². The molecular weight excluding hydrogens is 587 g/mol. The van der Waals surface area contributed by atoms with E-state index < -0.39 is 0 Å². The molecule has 0 atom stereocenters. The van der Waals surface area contributed by atoms with Gasteiger partial charge in [0.15, 0.2) is 17.5 Å². The number of benzene rings is 7. The van der Waals surface area contributed by atoms with Gasteiger partial charge in [0, 0.05) is 34.6 Å². The fourth-order valence-corrected chi connectivity index (χ4v) is 6.61. The molecule has 0 spiro atoms. The van der Waals surface area contributed by atoms with Crippen molar-refractivity contribution in [3.63, 3.8) is 0 Å². The Morgan fingerprint density at radius 2 is 1.00 bits per heavy atom. The van der Waals surface area contributed by atoms with Gasteiger partial charge in [-0.25, -0.2) is 15.0 Å². The second kappa shape index (κ2) is 11.2. The number of rotatable bonds is 5. The highest BCUT2D eigenvalue weighted by molar-refractivity contribution is 6.25. The molecule has 0 fully saturated rings. The Labute approximate surface area is 276 Å². The molecule has 7 aromatic carbocycles. The summed E-state index contributed by atoms with van der Waals surface area (Å²) in [6.45, 7) is 0. The SMILES string of the molecule is N#Cc1ccc(-c2nc(-c3ccc(-c4ccc5ccc6cccc7ccc4c5c67)cc3)nc(-c3cccc(-c4cccnc4)c3)n2)cc1. The lowest BCUT2D eigenvalue weighted by atomic mass is 9.90. The van der Waals surface area contributed by atoms with Crippen LogP contribution in [0.3, 0.4) is 0 Å². The van der Waals surface area contributed by atoms with Crippen molar-refractivity contribution in [3.05, 3.63) is 157 Å². The van der Waals surface area contributed by atoms with E-state index in [2.05, 4.69) is 102 Å². The molecule has 0 saturated carbocycles. The van der Waals surface area contributed by atoms with Crippen LogP contribution in [0.5, 0.6) is 0 Å². The molecule has 0 unspecified atom stereocenters. The summed E-state index contributed by atoms with van der Waals surface area (Å²) in [7, 11) is 0. The van der Waals surface area contributed by atoms with E-state index in [1.165, 1.54) is 37.9 Å². The van der Waals surface area contributed by atoms with Crippen molar-refractivity contribution in [2.75, 3.05) is 0 Å². The van der Waals surface area contributed by atoms with Crippen LogP contribution in [0, 0.1) is 11.3 Å². The average Bonchev–Trinajstić information content (AvgIpc) is 3.17. The maximum absolute atomic E-state index is 9.34. The first-order valence-electron chi connectivity index (χ1n) is 15.8. The van der Waals surface area contributed by atoms with Gasteiger partial charge in [-0.1, -0.05) is 103 Å². The molecule has 0 N–H and O–H groups in total. The van der Waals surface area contributed by atoms with Crippen LogP contribution in [0.2, 0.25) is 0 Å². The summed E-state index contributed by atoms with van der Waals surface area (Å²) >= 11 is 0. The van der Waals surface area contributed by atoms with Crippen LogP contribution >= 0.6 is 0 Å². The molecule has 9 rings (SSSR count). The monoisotopic (exact) mass is 611 g/mol. The Kier molecular flexibility index (Phi) is 6.45. The third kappa shape index (κ3) is 4.72. The maximum atomic E-state index is 9.34. The van der Waals surface area contributed by atoms with E-state index in [0.29, 0.717) is 23.0 Å². The number of pyridine rings is 1. The zero-order chi connectivity index (χ0) is 32.0. The lowest BCUT2D eigenvalue weighted by molar-refractivity contribution is 1.07. The Balaban J connectivity index is 1.16. The lowest BCUT2D eigenvalue weighted by Gasteiger charge is -2.14. The molecule has 9 aromatic rings. The molecule has 5 nitrogen and oxygen atoms in total. The zero-order valence-electron chi connectivity index (χ0n) is 25.7. The third-order valence-corrected chi connectivity index (χ3v) is 9.01. The Morgan fingerprint density at radius 1 is 0.438 bits per heavy atom. The molecule has 0 aliphatic heterocycles. The number of hydrogen-bond acceptors (Lipinski definition) is 5. The predicted octanol–water partition coefficient (Wildman–Crippen LogP) is 10.4. The summed E-state index contributed by atoms with van der Waals surface area (Å²) in [5.41, 5.74) is 7.52. The highest BCUT2D eigenvalue weighted by Gasteiger charge is 2.15. The molecule has 0 aliphatic rings. The second-order valence-electron chi connectivity index (χ2n) is 11.9. The van der Waals surface area contributed by atoms with E-state index in [4.69, 9.17) is 15.0 Å². The topological polar surface area (TPSA) is 75.3 Å². The van der Waals surface area contributed by atoms with Crippen LogP contribution in [0.1, 0.15) is 5.56 Å². The third-order valence-electron chi connectivity index (χ3n) is 9.01. The van der Waals surface area contributed by atoms with Crippen molar-refractivity contribution in [1.82, 2.24) is 19.9 Å². The van der Waals surface area contributed by atoms with Gasteiger partial charge in [0.1, 0.15) is 0 Å². The first kappa shape index (κ1) is 27.5. The van der Waals surface area contributed by atoms with Gasteiger partial charge in [0.2, 0.25) is 0 Å². The van der Waals surface area contributed by atoms with Gasteiger partial charge in [-0.2, -0.15) is 5.26 Å². The van der Waals surface area contributed by atoms with Crippen molar-refractivity contribution in [3.8, 4) is 62.5 Å². The molecule has 5 heteroatoms. The zero-order valence-corrected chi connectivity index (χ0v) is 25.7. The van der Waals surface area contributed by atoms with Crippen molar-refractivity contribution < 1.29 is 0 Å². The van der Waals surface area contributed by atoms with E-state index in [1.807, 2.05) is 42.6 Å². The predicted molar refractivity (Wildman–Crippen MR) is 193 cm³/mol. The van der Waals surface area contributed by atoms with Crippen molar-refractivity contribution in [2.24, 2.45) is 0 Å². The molecule has 0 radical (unpaired) electrons. The quantitative estimate of drug-likeness (QED) is 0.181. The highest BCUT2D eigenvalue weighted by atomic mass is 15.0. The van der Waals surface area contributed by atoms with E-state index >= 15 is 0 Å². The first-order chi connectivity index (χ1) is 23.7. The molecule has 0 amide bonds.